The Bertz CT molecular complexity index is 357. The molecule has 0 aromatic carbocycles. The molecule has 2 aliphatic rings. The molecule has 4 nitrogen and oxygen atoms in total. The van der Waals surface area contributed by atoms with Gasteiger partial charge in [-0.05, 0) is 20.8 Å². The smallest absolute Gasteiger partial charge is 0.410 e. The number of nitrogens with one attached hydrogen (secondary N) is 1. The number of ether oxygens (including phenoxy) is 1. The van der Waals surface area contributed by atoms with Crippen LogP contribution >= 0.6 is 12.4 Å². The molecule has 2 fully saturated rings. The van der Waals surface area contributed by atoms with Gasteiger partial charge in [-0.3, -0.25) is 0 Å². The summed E-state index contributed by atoms with van der Waals surface area (Å²) in [5, 5.41) is 2.79. The minimum Gasteiger partial charge on any atom is -0.444 e. The molecule has 1 aliphatic heterocycles. The number of fused-ring (bicyclic) bond motifs is 1. The van der Waals surface area contributed by atoms with Gasteiger partial charge in [0.25, 0.3) is 0 Å². The summed E-state index contributed by atoms with van der Waals surface area (Å²) in [7, 11) is 0. The average molecular weight is 303 g/mol. The van der Waals surface area contributed by atoms with Gasteiger partial charge in [-0.25, -0.2) is 4.79 Å². The zero-order chi connectivity index (χ0) is 13.7. The third-order valence-corrected chi connectivity index (χ3v) is 3.08. The quantitative estimate of drug-likeness (QED) is 0.746. The number of hydrogen-bond donors (Lipinski definition) is 1. The molecule has 0 radical (unpaired) electrons. The summed E-state index contributed by atoms with van der Waals surface area (Å²) in [6.07, 6.45) is -4.93. The first-order valence-electron chi connectivity index (χ1n) is 5.91. The average Bonchev–Trinajstić information content (AvgIpc) is 2.86. The molecule has 8 heteroatoms. The van der Waals surface area contributed by atoms with Gasteiger partial charge in [0, 0.05) is 19.1 Å². The molecule has 0 aromatic rings. The fraction of sp³-hybridized carbons (Fsp3) is 0.909. The van der Waals surface area contributed by atoms with Gasteiger partial charge in [0.1, 0.15) is 5.60 Å². The lowest BCUT2D eigenvalue weighted by Crippen LogP contribution is -2.48. The Kier molecular flexibility index (Phi) is 4.32. The monoisotopic (exact) mass is 302 g/mol. The van der Waals surface area contributed by atoms with Gasteiger partial charge in [-0.2, -0.15) is 13.2 Å². The largest absolute Gasteiger partial charge is 0.444 e. The standard InChI is InChI=1S/C11H17F3N2O2.ClH/c1-10(2,3)18-9(17)16-5-4-15-7-6(8(7)16)11(12,13)14;/h6-8,15H,4-5H2,1-3H3;1H/t6-,7-,8+;/m0./s1. The van der Waals surface area contributed by atoms with Crippen molar-refractivity contribution < 1.29 is 22.7 Å². The Morgan fingerprint density at radius 2 is 1.89 bits per heavy atom. The first kappa shape index (κ1) is 16.4. The Morgan fingerprint density at radius 3 is 2.37 bits per heavy atom. The maximum Gasteiger partial charge on any atom is 0.410 e. The van der Waals surface area contributed by atoms with Crippen molar-refractivity contribution in [2.45, 2.75) is 44.6 Å². The van der Waals surface area contributed by atoms with E-state index in [2.05, 4.69) is 5.32 Å². The molecule has 1 heterocycles. The van der Waals surface area contributed by atoms with Crippen LogP contribution in [0.25, 0.3) is 0 Å². The van der Waals surface area contributed by atoms with E-state index in [-0.39, 0.29) is 19.0 Å². The molecule has 2 rings (SSSR count). The third-order valence-electron chi connectivity index (χ3n) is 3.08. The molecule has 112 valence electrons. The molecular formula is C11H18ClF3N2O2. The fourth-order valence-corrected chi connectivity index (χ4v) is 2.36. The second kappa shape index (κ2) is 5.01. The van der Waals surface area contributed by atoms with Gasteiger partial charge in [0.05, 0.1) is 12.0 Å². The van der Waals surface area contributed by atoms with Crippen molar-refractivity contribution in [3.8, 4) is 0 Å². The van der Waals surface area contributed by atoms with E-state index in [0.717, 1.165) is 0 Å². The van der Waals surface area contributed by atoms with Crippen LogP contribution in [0.3, 0.4) is 0 Å². The lowest BCUT2D eigenvalue weighted by atomic mass is 10.2. The summed E-state index contributed by atoms with van der Waals surface area (Å²) in [4.78, 5) is 13.0. The van der Waals surface area contributed by atoms with E-state index in [1.807, 2.05) is 0 Å². The van der Waals surface area contributed by atoms with Crippen molar-refractivity contribution in [3.63, 3.8) is 0 Å². The first-order valence-corrected chi connectivity index (χ1v) is 5.91. The van der Waals surface area contributed by atoms with Crippen LogP contribution in [0.5, 0.6) is 0 Å². The Labute approximate surface area is 116 Å². The van der Waals surface area contributed by atoms with Crippen LogP contribution in [0, 0.1) is 5.92 Å². The van der Waals surface area contributed by atoms with Crippen LogP contribution in [0.2, 0.25) is 0 Å². The minimum absolute atomic E-state index is 0. The van der Waals surface area contributed by atoms with E-state index in [0.29, 0.717) is 6.54 Å². The molecule has 1 aliphatic carbocycles. The Morgan fingerprint density at radius 1 is 1.32 bits per heavy atom. The molecule has 1 saturated carbocycles. The maximum absolute atomic E-state index is 12.7. The van der Waals surface area contributed by atoms with Crippen molar-refractivity contribution in [2.75, 3.05) is 13.1 Å². The molecule has 0 unspecified atom stereocenters. The lowest BCUT2D eigenvalue weighted by Gasteiger charge is -2.30. The van der Waals surface area contributed by atoms with Gasteiger partial charge in [-0.1, -0.05) is 0 Å². The van der Waals surface area contributed by atoms with E-state index in [1.54, 1.807) is 20.8 Å². The normalized spacial score (nSPS) is 30.2. The van der Waals surface area contributed by atoms with Crippen molar-refractivity contribution in [2.24, 2.45) is 5.92 Å². The molecule has 1 amide bonds. The molecule has 19 heavy (non-hydrogen) atoms. The predicted octanol–water partition coefficient (Wildman–Crippen LogP) is 2.18. The van der Waals surface area contributed by atoms with Gasteiger partial charge < -0.3 is 15.0 Å². The fourth-order valence-electron chi connectivity index (χ4n) is 2.36. The van der Waals surface area contributed by atoms with Crippen LogP contribution in [0.4, 0.5) is 18.0 Å². The third kappa shape index (κ3) is 3.45. The molecule has 0 bridgehead atoms. The van der Waals surface area contributed by atoms with E-state index < -0.39 is 35.9 Å². The van der Waals surface area contributed by atoms with Crippen LogP contribution < -0.4 is 5.32 Å². The molecule has 0 aromatic heterocycles. The maximum atomic E-state index is 12.7. The summed E-state index contributed by atoms with van der Waals surface area (Å²) in [5.74, 6) is -1.47. The molecule has 1 saturated heterocycles. The number of carbonyl (C=O) groups excluding carboxylic acids is 1. The number of piperazine rings is 1. The SMILES string of the molecule is CC(C)(C)OC(=O)N1CCN[C@@H]2[C@H]1[C@H]2C(F)(F)F.Cl. The van der Waals surface area contributed by atoms with E-state index in [9.17, 15) is 18.0 Å². The Hall–Kier alpha value is -0.690. The summed E-state index contributed by atoms with van der Waals surface area (Å²) < 4.78 is 43.2. The molecule has 1 N–H and O–H groups in total. The number of rotatable bonds is 0. The number of nitrogens with zero attached hydrogens (tertiary/aromatic N) is 1. The van der Waals surface area contributed by atoms with Gasteiger partial charge >= 0.3 is 12.3 Å². The van der Waals surface area contributed by atoms with Crippen LogP contribution in [-0.4, -0.2) is 47.9 Å². The van der Waals surface area contributed by atoms with Crippen LogP contribution in [0.15, 0.2) is 0 Å². The number of alkyl halides is 3. The summed E-state index contributed by atoms with van der Waals surface area (Å²) in [6.45, 7) is 5.70. The van der Waals surface area contributed by atoms with Crippen LogP contribution in [-0.2, 0) is 4.74 Å². The molecule has 3 atom stereocenters. The number of halogens is 4. The summed E-state index contributed by atoms with van der Waals surface area (Å²) >= 11 is 0. The van der Waals surface area contributed by atoms with Gasteiger partial charge in [0.15, 0.2) is 0 Å². The number of hydrogen-bond acceptors (Lipinski definition) is 3. The van der Waals surface area contributed by atoms with E-state index in [1.165, 1.54) is 4.90 Å². The van der Waals surface area contributed by atoms with Crippen LogP contribution in [0.1, 0.15) is 20.8 Å². The summed E-state index contributed by atoms with van der Waals surface area (Å²) in [6, 6.07) is -1.49. The van der Waals surface area contributed by atoms with Crippen molar-refractivity contribution in [3.05, 3.63) is 0 Å². The first-order chi connectivity index (χ1) is 8.11. The van der Waals surface area contributed by atoms with Crippen molar-refractivity contribution in [1.82, 2.24) is 10.2 Å². The Balaban J connectivity index is 0.00000180. The molecule has 0 spiro atoms. The number of amides is 1. The highest BCUT2D eigenvalue weighted by Crippen LogP contribution is 2.49. The second-order valence-electron chi connectivity index (χ2n) is 5.71. The minimum atomic E-state index is -4.27. The van der Waals surface area contributed by atoms with Crippen molar-refractivity contribution in [1.29, 1.82) is 0 Å². The second-order valence-corrected chi connectivity index (χ2v) is 5.71. The highest BCUT2D eigenvalue weighted by Gasteiger charge is 2.68. The van der Waals surface area contributed by atoms with Crippen molar-refractivity contribution >= 4 is 18.5 Å². The van der Waals surface area contributed by atoms with E-state index in [4.69, 9.17) is 4.74 Å². The highest BCUT2D eigenvalue weighted by molar-refractivity contribution is 5.85. The zero-order valence-electron chi connectivity index (χ0n) is 11.0. The van der Waals surface area contributed by atoms with Gasteiger partial charge in [-0.15, -0.1) is 12.4 Å². The summed E-state index contributed by atoms with van der Waals surface area (Å²) in [5.41, 5.74) is -0.694. The number of carbonyl (C=O) groups is 1. The van der Waals surface area contributed by atoms with Gasteiger partial charge in [0.2, 0.25) is 0 Å². The predicted molar refractivity (Wildman–Crippen MR) is 65.3 cm³/mol. The lowest BCUT2D eigenvalue weighted by molar-refractivity contribution is -0.152. The zero-order valence-corrected chi connectivity index (χ0v) is 11.8. The topological polar surface area (TPSA) is 41.6 Å². The van der Waals surface area contributed by atoms with E-state index >= 15 is 0 Å². The highest BCUT2D eigenvalue weighted by atomic mass is 35.5. The molecular weight excluding hydrogens is 285 g/mol.